The predicted octanol–water partition coefficient (Wildman–Crippen LogP) is 2.05. The zero-order valence-corrected chi connectivity index (χ0v) is 12.6. The van der Waals surface area contributed by atoms with Crippen LogP contribution in [0.15, 0.2) is 24.5 Å². The number of anilines is 1. The van der Waals surface area contributed by atoms with E-state index in [9.17, 15) is 5.11 Å². The number of rotatable bonds is 6. The van der Waals surface area contributed by atoms with Gasteiger partial charge in [0.15, 0.2) is 0 Å². The molecule has 1 aromatic rings. The number of piperidine rings is 1. The second-order valence-electron chi connectivity index (χ2n) is 6.14. The van der Waals surface area contributed by atoms with E-state index >= 15 is 0 Å². The van der Waals surface area contributed by atoms with Crippen molar-refractivity contribution in [2.24, 2.45) is 5.92 Å². The van der Waals surface area contributed by atoms with Gasteiger partial charge in [0.2, 0.25) is 0 Å². The summed E-state index contributed by atoms with van der Waals surface area (Å²) in [7, 11) is 0. The third-order valence-corrected chi connectivity index (χ3v) is 3.97. The Morgan fingerprint density at radius 2 is 1.95 bits per heavy atom. The molecule has 1 saturated heterocycles. The highest BCUT2D eigenvalue weighted by Crippen LogP contribution is 2.19. The molecule has 2 rings (SSSR count). The molecule has 1 fully saturated rings. The fourth-order valence-electron chi connectivity index (χ4n) is 2.96. The van der Waals surface area contributed by atoms with E-state index in [0.717, 1.165) is 32.4 Å². The van der Waals surface area contributed by atoms with Gasteiger partial charge in [0.1, 0.15) is 0 Å². The van der Waals surface area contributed by atoms with E-state index < -0.39 is 0 Å². The van der Waals surface area contributed by atoms with Crippen LogP contribution in [0.1, 0.15) is 33.1 Å². The van der Waals surface area contributed by atoms with Crippen LogP contribution in [0.3, 0.4) is 0 Å². The molecule has 20 heavy (non-hydrogen) atoms. The fraction of sp³-hybridized carbons (Fsp3) is 0.688. The molecule has 0 radical (unpaired) electrons. The van der Waals surface area contributed by atoms with Crippen molar-refractivity contribution < 1.29 is 5.11 Å². The number of aromatic nitrogens is 1. The van der Waals surface area contributed by atoms with Crippen LogP contribution in [-0.2, 0) is 0 Å². The molecule has 0 aliphatic carbocycles. The summed E-state index contributed by atoms with van der Waals surface area (Å²) in [5.74, 6) is 0.622. The third-order valence-electron chi connectivity index (χ3n) is 3.97. The Balaban J connectivity index is 1.79. The van der Waals surface area contributed by atoms with E-state index in [0.29, 0.717) is 12.0 Å². The van der Waals surface area contributed by atoms with Gasteiger partial charge in [-0.2, -0.15) is 0 Å². The minimum Gasteiger partial charge on any atom is -0.395 e. The summed E-state index contributed by atoms with van der Waals surface area (Å²) in [6.07, 6.45) is 7.02. The van der Waals surface area contributed by atoms with Gasteiger partial charge in [0.25, 0.3) is 0 Å². The molecule has 2 heterocycles. The Labute approximate surface area is 122 Å². The van der Waals surface area contributed by atoms with Gasteiger partial charge in [-0.05, 0) is 37.3 Å². The van der Waals surface area contributed by atoms with E-state index in [2.05, 4.69) is 41.2 Å². The molecule has 1 unspecified atom stereocenters. The largest absolute Gasteiger partial charge is 0.395 e. The van der Waals surface area contributed by atoms with Crippen molar-refractivity contribution in [3.8, 4) is 0 Å². The second kappa shape index (κ2) is 7.60. The molecular formula is C16H27N3O. The Hall–Kier alpha value is -1.13. The highest BCUT2D eigenvalue weighted by molar-refractivity contribution is 5.44. The first-order valence-corrected chi connectivity index (χ1v) is 7.71. The standard InChI is InChI=1S/C16H27N3O/c1-13(2)11-15(12-20)18-14-5-9-19(10-6-14)16-3-7-17-8-4-16/h3-4,7-8,13-15,18,20H,5-6,9-12H2,1-2H3. The fourth-order valence-corrected chi connectivity index (χ4v) is 2.96. The van der Waals surface area contributed by atoms with Crippen molar-refractivity contribution >= 4 is 5.69 Å². The van der Waals surface area contributed by atoms with Crippen LogP contribution in [0.5, 0.6) is 0 Å². The van der Waals surface area contributed by atoms with Gasteiger partial charge < -0.3 is 15.3 Å². The molecule has 1 atom stereocenters. The lowest BCUT2D eigenvalue weighted by Crippen LogP contribution is -2.47. The van der Waals surface area contributed by atoms with Crippen molar-refractivity contribution in [1.82, 2.24) is 10.3 Å². The van der Waals surface area contributed by atoms with Crippen LogP contribution in [0, 0.1) is 5.92 Å². The summed E-state index contributed by atoms with van der Waals surface area (Å²) in [6, 6.07) is 4.92. The summed E-state index contributed by atoms with van der Waals surface area (Å²) in [5.41, 5.74) is 1.26. The number of hydrogen-bond donors (Lipinski definition) is 2. The SMILES string of the molecule is CC(C)CC(CO)NC1CCN(c2ccncc2)CC1. The smallest absolute Gasteiger partial charge is 0.0584 e. The second-order valence-corrected chi connectivity index (χ2v) is 6.14. The minimum atomic E-state index is 0.239. The van der Waals surface area contributed by atoms with Crippen molar-refractivity contribution in [3.05, 3.63) is 24.5 Å². The summed E-state index contributed by atoms with van der Waals surface area (Å²) in [5, 5.41) is 13.1. The van der Waals surface area contributed by atoms with E-state index in [-0.39, 0.29) is 12.6 Å². The summed E-state index contributed by atoms with van der Waals surface area (Å²) >= 11 is 0. The van der Waals surface area contributed by atoms with Crippen LogP contribution in [-0.4, -0.2) is 41.9 Å². The topological polar surface area (TPSA) is 48.4 Å². The Morgan fingerprint density at radius 1 is 1.30 bits per heavy atom. The van der Waals surface area contributed by atoms with Crippen LogP contribution in [0.25, 0.3) is 0 Å². The molecule has 2 N–H and O–H groups in total. The average molecular weight is 277 g/mol. The van der Waals surface area contributed by atoms with Crippen molar-refractivity contribution in [3.63, 3.8) is 0 Å². The molecule has 0 saturated carbocycles. The molecule has 1 aliphatic rings. The molecular weight excluding hydrogens is 250 g/mol. The van der Waals surface area contributed by atoms with Crippen LogP contribution in [0.4, 0.5) is 5.69 Å². The number of pyridine rings is 1. The predicted molar refractivity (Wildman–Crippen MR) is 82.9 cm³/mol. The van der Waals surface area contributed by atoms with E-state index in [4.69, 9.17) is 0 Å². The number of aliphatic hydroxyl groups excluding tert-OH is 1. The minimum absolute atomic E-state index is 0.239. The van der Waals surface area contributed by atoms with Gasteiger partial charge in [-0.1, -0.05) is 13.8 Å². The summed E-state index contributed by atoms with van der Waals surface area (Å²) in [4.78, 5) is 6.48. The van der Waals surface area contributed by atoms with Crippen LogP contribution in [0.2, 0.25) is 0 Å². The van der Waals surface area contributed by atoms with E-state index in [1.807, 2.05) is 12.4 Å². The molecule has 0 bridgehead atoms. The number of hydrogen-bond acceptors (Lipinski definition) is 4. The maximum absolute atomic E-state index is 9.46. The van der Waals surface area contributed by atoms with E-state index in [1.54, 1.807) is 0 Å². The number of nitrogens with one attached hydrogen (secondary N) is 1. The van der Waals surface area contributed by atoms with Crippen molar-refractivity contribution in [2.45, 2.75) is 45.2 Å². The van der Waals surface area contributed by atoms with Gasteiger partial charge in [0.05, 0.1) is 6.61 Å². The summed E-state index contributed by atoms with van der Waals surface area (Å²) in [6.45, 7) is 6.79. The average Bonchev–Trinajstić information content (AvgIpc) is 2.48. The first kappa shape index (κ1) is 15.3. The first-order chi connectivity index (χ1) is 9.69. The maximum atomic E-state index is 9.46. The first-order valence-electron chi connectivity index (χ1n) is 7.71. The molecule has 0 amide bonds. The molecule has 1 aliphatic heterocycles. The van der Waals surface area contributed by atoms with Gasteiger partial charge in [-0.3, -0.25) is 4.98 Å². The summed E-state index contributed by atoms with van der Waals surface area (Å²) < 4.78 is 0. The molecule has 0 aromatic carbocycles. The van der Waals surface area contributed by atoms with Gasteiger partial charge in [-0.25, -0.2) is 0 Å². The normalized spacial score (nSPS) is 18.5. The Morgan fingerprint density at radius 3 is 2.50 bits per heavy atom. The monoisotopic (exact) mass is 277 g/mol. The van der Waals surface area contributed by atoms with Crippen LogP contribution < -0.4 is 10.2 Å². The molecule has 4 nitrogen and oxygen atoms in total. The Bertz CT molecular complexity index is 375. The molecule has 4 heteroatoms. The zero-order valence-electron chi connectivity index (χ0n) is 12.6. The van der Waals surface area contributed by atoms with Gasteiger partial charge >= 0.3 is 0 Å². The molecule has 112 valence electrons. The lowest BCUT2D eigenvalue weighted by atomic mass is 9.99. The maximum Gasteiger partial charge on any atom is 0.0584 e. The van der Waals surface area contributed by atoms with Gasteiger partial charge in [-0.15, -0.1) is 0 Å². The zero-order chi connectivity index (χ0) is 14.4. The molecule has 1 aromatic heterocycles. The number of aliphatic hydroxyl groups is 1. The molecule has 0 spiro atoms. The number of nitrogens with zero attached hydrogens (tertiary/aromatic N) is 2. The van der Waals surface area contributed by atoms with Crippen molar-refractivity contribution in [2.75, 3.05) is 24.6 Å². The highest BCUT2D eigenvalue weighted by Gasteiger charge is 2.22. The quantitative estimate of drug-likeness (QED) is 0.835. The Kier molecular flexibility index (Phi) is 5.80. The van der Waals surface area contributed by atoms with Gasteiger partial charge in [0, 0.05) is 43.3 Å². The highest BCUT2D eigenvalue weighted by atomic mass is 16.3. The van der Waals surface area contributed by atoms with Crippen LogP contribution >= 0.6 is 0 Å². The lowest BCUT2D eigenvalue weighted by molar-refractivity contribution is 0.206. The van der Waals surface area contributed by atoms with E-state index in [1.165, 1.54) is 5.69 Å². The lowest BCUT2D eigenvalue weighted by Gasteiger charge is -2.35. The van der Waals surface area contributed by atoms with Crippen molar-refractivity contribution in [1.29, 1.82) is 0 Å². The third kappa shape index (κ3) is 4.46.